The molecule has 2 rings (SSSR count). The molecule has 1 fully saturated rings. The summed E-state index contributed by atoms with van der Waals surface area (Å²) in [5.41, 5.74) is 4.79. The quantitative estimate of drug-likeness (QED) is 0.476. The number of carboxylic acid groups (broad SMARTS) is 1. The minimum Gasteiger partial charge on any atom is -0.478 e. The summed E-state index contributed by atoms with van der Waals surface area (Å²) in [6.07, 6.45) is 2.11. The number of nitrogens with two attached hydrogens (primary N) is 1. The first-order valence-corrected chi connectivity index (χ1v) is 7.38. The predicted molar refractivity (Wildman–Crippen MR) is 76.8 cm³/mol. The summed E-state index contributed by atoms with van der Waals surface area (Å²) < 4.78 is 18.0. The SMILES string of the molecule is COC(=O)CC1(CSc2ccc(F)c(N)c2C(=O)O)CC1. The molecule has 1 aromatic rings. The Bertz CT molecular complexity index is 587. The standard InChI is InChI=1S/C14H16FNO4S/c1-20-10(17)6-14(4-5-14)7-21-9-3-2-8(15)12(16)11(9)13(18)19/h2-3H,4-7,16H2,1H3,(H,18,19). The molecule has 3 N–H and O–H groups in total. The van der Waals surface area contributed by atoms with E-state index in [9.17, 15) is 14.0 Å². The first-order chi connectivity index (χ1) is 9.88. The Morgan fingerprint density at radius 2 is 2.14 bits per heavy atom. The molecule has 0 aromatic heterocycles. The fraction of sp³-hybridized carbons (Fsp3) is 0.429. The van der Waals surface area contributed by atoms with E-state index in [1.165, 1.54) is 24.9 Å². The molecule has 1 saturated carbocycles. The van der Waals surface area contributed by atoms with Gasteiger partial charge in [0.25, 0.3) is 0 Å². The number of thioether (sulfide) groups is 1. The Morgan fingerprint density at radius 1 is 1.48 bits per heavy atom. The molecular weight excluding hydrogens is 297 g/mol. The second-order valence-electron chi connectivity index (χ2n) is 5.18. The van der Waals surface area contributed by atoms with E-state index in [-0.39, 0.29) is 22.6 Å². The van der Waals surface area contributed by atoms with Crippen molar-refractivity contribution in [2.24, 2.45) is 5.41 Å². The number of halogens is 1. The highest BCUT2D eigenvalue weighted by Gasteiger charge is 2.44. The second-order valence-corrected chi connectivity index (χ2v) is 6.20. The van der Waals surface area contributed by atoms with E-state index in [0.29, 0.717) is 17.1 Å². The van der Waals surface area contributed by atoms with Gasteiger partial charge in [-0.2, -0.15) is 0 Å². The van der Waals surface area contributed by atoms with Gasteiger partial charge in [0.2, 0.25) is 0 Å². The van der Waals surface area contributed by atoms with Crippen LogP contribution in [0.5, 0.6) is 0 Å². The average Bonchev–Trinajstić information content (AvgIpc) is 3.19. The Balaban J connectivity index is 2.12. The molecular formula is C14H16FNO4S. The lowest BCUT2D eigenvalue weighted by Crippen LogP contribution is -2.13. The molecule has 0 unspecified atom stereocenters. The number of ether oxygens (including phenoxy) is 1. The fourth-order valence-corrected chi connectivity index (χ4v) is 3.43. The summed E-state index contributed by atoms with van der Waals surface area (Å²) >= 11 is 1.28. The molecule has 0 bridgehead atoms. The van der Waals surface area contributed by atoms with E-state index in [4.69, 9.17) is 10.8 Å². The van der Waals surface area contributed by atoms with Crippen LogP contribution in [0.3, 0.4) is 0 Å². The smallest absolute Gasteiger partial charge is 0.339 e. The Morgan fingerprint density at radius 3 is 2.67 bits per heavy atom. The largest absolute Gasteiger partial charge is 0.478 e. The van der Waals surface area contributed by atoms with Crippen molar-refractivity contribution < 1.29 is 23.8 Å². The van der Waals surface area contributed by atoms with Gasteiger partial charge in [-0.25, -0.2) is 9.18 Å². The topological polar surface area (TPSA) is 89.6 Å². The van der Waals surface area contributed by atoms with Crippen LogP contribution in [-0.4, -0.2) is 29.9 Å². The van der Waals surface area contributed by atoms with Crippen molar-refractivity contribution in [3.05, 3.63) is 23.5 Å². The molecule has 21 heavy (non-hydrogen) atoms. The Hall–Kier alpha value is -1.76. The molecule has 0 aliphatic heterocycles. The summed E-state index contributed by atoms with van der Waals surface area (Å²) in [5.74, 6) is -1.70. The number of benzene rings is 1. The van der Waals surface area contributed by atoms with Gasteiger partial charge in [-0.15, -0.1) is 11.8 Å². The van der Waals surface area contributed by atoms with Crippen LogP contribution in [-0.2, 0) is 9.53 Å². The van der Waals surface area contributed by atoms with Crippen molar-refractivity contribution in [1.29, 1.82) is 0 Å². The summed E-state index contributed by atoms with van der Waals surface area (Å²) in [6.45, 7) is 0. The molecule has 0 spiro atoms. The number of hydrogen-bond acceptors (Lipinski definition) is 5. The van der Waals surface area contributed by atoms with Crippen LogP contribution in [0.15, 0.2) is 17.0 Å². The number of carbonyl (C=O) groups excluding carboxylic acids is 1. The van der Waals surface area contributed by atoms with Crippen molar-refractivity contribution in [2.75, 3.05) is 18.6 Å². The second kappa shape index (κ2) is 5.93. The lowest BCUT2D eigenvalue weighted by Gasteiger charge is -2.15. The highest BCUT2D eigenvalue weighted by atomic mass is 32.2. The molecule has 0 saturated heterocycles. The number of hydrogen-bond donors (Lipinski definition) is 2. The molecule has 114 valence electrons. The minimum atomic E-state index is -1.26. The van der Waals surface area contributed by atoms with Crippen LogP contribution in [0.2, 0.25) is 0 Å². The number of anilines is 1. The maximum atomic E-state index is 13.4. The number of nitrogen functional groups attached to an aromatic ring is 1. The Kier molecular flexibility index (Phi) is 4.41. The molecule has 0 atom stereocenters. The average molecular weight is 313 g/mol. The molecule has 1 aliphatic carbocycles. The van der Waals surface area contributed by atoms with Crippen molar-refractivity contribution in [3.63, 3.8) is 0 Å². The van der Waals surface area contributed by atoms with Crippen molar-refractivity contribution in [2.45, 2.75) is 24.2 Å². The molecule has 7 heteroatoms. The molecule has 1 aliphatic rings. The van der Waals surface area contributed by atoms with E-state index < -0.39 is 11.8 Å². The monoisotopic (exact) mass is 313 g/mol. The number of methoxy groups -OCH3 is 1. The first kappa shape index (κ1) is 15.6. The molecule has 0 heterocycles. The van der Waals surface area contributed by atoms with Gasteiger partial charge in [0.1, 0.15) is 5.82 Å². The number of aromatic carboxylic acids is 1. The van der Waals surface area contributed by atoms with Crippen LogP contribution in [0.25, 0.3) is 0 Å². The van der Waals surface area contributed by atoms with Gasteiger partial charge in [-0.1, -0.05) is 0 Å². The third kappa shape index (κ3) is 3.47. The zero-order valence-corrected chi connectivity index (χ0v) is 12.3. The van der Waals surface area contributed by atoms with Crippen molar-refractivity contribution >= 4 is 29.4 Å². The summed E-state index contributed by atoms with van der Waals surface area (Å²) in [7, 11) is 1.34. The highest BCUT2D eigenvalue weighted by Crippen LogP contribution is 2.52. The maximum absolute atomic E-state index is 13.4. The van der Waals surface area contributed by atoms with E-state index in [2.05, 4.69) is 4.74 Å². The molecule has 1 aromatic carbocycles. The molecule has 0 radical (unpaired) electrons. The predicted octanol–water partition coefficient (Wildman–Crippen LogP) is 2.54. The van der Waals surface area contributed by atoms with Crippen molar-refractivity contribution in [1.82, 2.24) is 0 Å². The van der Waals surface area contributed by atoms with Gasteiger partial charge in [0.05, 0.1) is 24.8 Å². The highest BCUT2D eigenvalue weighted by molar-refractivity contribution is 7.99. The van der Waals surface area contributed by atoms with Gasteiger partial charge in [0.15, 0.2) is 0 Å². The van der Waals surface area contributed by atoms with E-state index in [1.807, 2.05) is 0 Å². The van der Waals surface area contributed by atoms with Crippen LogP contribution >= 0.6 is 11.8 Å². The van der Waals surface area contributed by atoms with Gasteiger partial charge in [-0.05, 0) is 30.4 Å². The summed E-state index contributed by atoms with van der Waals surface area (Å²) in [6, 6.07) is 2.57. The summed E-state index contributed by atoms with van der Waals surface area (Å²) in [4.78, 5) is 23.0. The molecule has 5 nitrogen and oxygen atoms in total. The lowest BCUT2D eigenvalue weighted by atomic mass is 10.1. The number of carbonyl (C=O) groups is 2. The number of esters is 1. The van der Waals surface area contributed by atoms with Gasteiger partial charge in [0, 0.05) is 10.6 Å². The summed E-state index contributed by atoms with van der Waals surface area (Å²) in [5, 5.41) is 9.17. The number of carboxylic acids is 1. The number of rotatable bonds is 6. The van der Waals surface area contributed by atoms with Gasteiger partial charge in [-0.3, -0.25) is 4.79 Å². The van der Waals surface area contributed by atoms with Crippen LogP contribution < -0.4 is 5.73 Å². The van der Waals surface area contributed by atoms with Crippen molar-refractivity contribution in [3.8, 4) is 0 Å². The van der Waals surface area contributed by atoms with E-state index in [1.54, 1.807) is 0 Å². The van der Waals surface area contributed by atoms with Gasteiger partial charge < -0.3 is 15.6 Å². The third-order valence-corrected chi connectivity index (χ3v) is 5.01. The lowest BCUT2D eigenvalue weighted by molar-refractivity contribution is -0.141. The zero-order valence-electron chi connectivity index (χ0n) is 11.5. The maximum Gasteiger partial charge on any atom is 0.339 e. The zero-order chi connectivity index (χ0) is 15.6. The van der Waals surface area contributed by atoms with E-state index >= 15 is 0 Å². The van der Waals surface area contributed by atoms with E-state index in [0.717, 1.165) is 18.9 Å². The first-order valence-electron chi connectivity index (χ1n) is 6.39. The van der Waals surface area contributed by atoms with Crippen LogP contribution in [0.1, 0.15) is 29.6 Å². The fourth-order valence-electron chi connectivity index (χ4n) is 2.07. The molecule has 0 amide bonds. The minimum absolute atomic E-state index is 0.142. The van der Waals surface area contributed by atoms with Crippen LogP contribution in [0.4, 0.5) is 10.1 Å². The van der Waals surface area contributed by atoms with Gasteiger partial charge >= 0.3 is 11.9 Å². The Labute approximate surface area is 125 Å². The third-order valence-electron chi connectivity index (χ3n) is 3.61. The normalized spacial score (nSPS) is 15.5. The van der Waals surface area contributed by atoms with Crippen LogP contribution in [0, 0.1) is 11.2 Å².